The van der Waals surface area contributed by atoms with Crippen molar-refractivity contribution in [1.29, 1.82) is 0 Å². The van der Waals surface area contributed by atoms with E-state index in [-0.39, 0.29) is 0 Å². The third-order valence-corrected chi connectivity index (χ3v) is 4.41. The van der Waals surface area contributed by atoms with Gasteiger partial charge in [-0.15, -0.1) is 0 Å². The summed E-state index contributed by atoms with van der Waals surface area (Å²) in [6, 6.07) is 3.88. The molecule has 3 aromatic heterocycles. The molecule has 0 aliphatic rings. The molecule has 0 saturated heterocycles. The van der Waals surface area contributed by atoms with Crippen molar-refractivity contribution >= 4 is 28.4 Å². The summed E-state index contributed by atoms with van der Waals surface area (Å²) in [5, 5.41) is 22.1. The van der Waals surface area contributed by atoms with Gasteiger partial charge in [0.05, 0.1) is 5.69 Å². The van der Waals surface area contributed by atoms with E-state index in [9.17, 15) is 26.3 Å². The predicted molar refractivity (Wildman–Crippen MR) is 104 cm³/mol. The minimum Gasteiger partial charge on any atom is -0.475 e. The highest BCUT2D eigenvalue weighted by molar-refractivity contribution is 7.19. The number of rotatable bonds is 4. The zero-order chi connectivity index (χ0) is 26.1. The smallest absolute Gasteiger partial charge is 0.475 e. The zero-order valence-electron chi connectivity index (χ0n) is 17.1. The molecule has 10 nitrogen and oxygen atoms in total. The van der Waals surface area contributed by atoms with Gasteiger partial charge >= 0.3 is 24.3 Å². The Morgan fingerprint density at radius 2 is 1.65 bits per heavy atom. The molecule has 0 amide bonds. The number of pyridine rings is 1. The molecule has 0 atom stereocenters. The Morgan fingerprint density at radius 3 is 2.06 bits per heavy atom. The lowest BCUT2D eigenvalue weighted by Gasteiger charge is -1.93. The van der Waals surface area contributed by atoms with E-state index < -0.39 is 24.3 Å². The Bertz CT molecular complexity index is 1060. The molecular weight excluding hydrogens is 500 g/mol. The van der Waals surface area contributed by atoms with Crippen molar-refractivity contribution in [2.24, 2.45) is 0 Å². The van der Waals surface area contributed by atoms with Gasteiger partial charge in [0.1, 0.15) is 4.88 Å². The first-order valence-electron chi connectivity index (χ1n) is 8.62. The number of anilines is 1. The van der Waals surface area contributed by atoms with Crippen LogP contribution in [0.15, 0.2) is 29.0 Å². The third-order valence-electron chi connectivity index (χ3n) is 3.24. The number of carboxylic acid groups (broad SMARTS) is 2. The maximum Gasteiger partial charge on any atom is 0.490 e. The molecule has 0 aromatic carbocycles. The van der Waals surface area contributed by atoms with Gasteiger partial charge in [0.25, 0.3) is 5.89 Å². The van der Waals surface area contributed by atoms with Crippen molar-refractivity contribution in [3.05, 3.63) is 41.6 Å². The molecule has 3 rings (SSSR count). The fourth-order valence-electron chi connectivity index (χ4n) is 1.81. The average molecular weight is 515 g/mol. The van der Waals surface area contributed by atoms with Crippen molar-refractivity contribution in [2.45, 2.75) is 25.7 Å². The number of aryl methyl sites for hydroxylation is 1. The number of hydrogen-bond donors (Lipinski definition) is 3. The fraction of sp³-hybridized carbons (Fsp3) is 0.294. The lowest BCUT2D eigenvalue weighted by molar-refractivity contribution is -0.193. The van der Waals surface area contributed by atoms with Gasteiger partial charge in [0, 0.05) is 25.9 Å². The van der Waals surface area contributed by atoms with Crippen LogP contribution in [0, 0.1) is 6.92 Å². The van der Waals surface area contributed by atoms with Gasteiger partial charge < -0.3 is 20.1 Å². The molecule has 0 aliphatic heterocycles. The lowest BCUT2D eigenvalue weighted by atomic mass is 10.2. The van der Waals surface area contributed by atoms with Crippen molar-refractivity contribution in [1.82, 2.24) is 20.1 Å². The third kappa shape index (κ3) is 9.39. The fourth-order valence-corrected chi connectivity index (χ4v) is 2.65. The van der Waals surface area contributed by atoms with Gasteiger partial charge in [0.2, 0.25) is 0 Å². The minimum absolute atomic E-state index is 0.514. The number of thiazole rings is 1. The Kier molecular flexibility index (Phi) is 9.91. The van der Waals surface area contributed by atoms with E-state index in [1.807, 2.05) is 26.1 Å². The van der Waals surface area contributed by atoms with Crippen LogP contribution in [0.1, 0.15) is 17.1 Å². The zero-order valence-corrected chi connectivity index (χ0v) is 17.9. The average Bonchev–Trinajstić information content (AvgIpc) is 3.34. The van der Waals surface area contributed by atoms with Crippen LogP contribution in [-0.2, 0) is 16.0 Å². The summed E-state index contributed by atoms with van der Waals surface area (Å²) < 4.78 is 68.8. The summed E-state index contributed by atoms with van der Waals surface area (Å²) in [6.45, 7) is 1.93. The molecule has 17 heteroatoms. The first-order chi connectivity index (χ1) is 15.6. The number of aromatic nitrogens is 4. The van der Waals surface area contributed by atoms with E-state index >= 15 is 0 Å². The highest BCUT2D eigenvalue weighted by Crippen LogP contribution is 2.31. The van der Waals surface area contributed by atoms with Crippen LogP contribution in [0.3, 0.4) is 0 Å². The predicted octanol–water partition coefficient (Wildman–Crippen LogP) is 3.80. The largest absolute Gasteiger partial charge is 0.490 e. The van der Waals surface area contributed by atoms with Crippen LogP contribution in [0.4, 0.5) is 31.5 Å². The number of carboxylic acids is 2. The number of halogens is 6. The van der Waals surface area contributed by atoms with Gasteiger partial charge in [-0.2, -0.15) is 31.3 Å². The second kappa shape index (κ2) is 11.9. The first kappa shape index (κ1) is 28.3. The molecule has 0 saturated carbocycles. The molecule has 0 bridgehead atoms. The van der Waals surface area contributed by atoms with Crippen LogP contribution in [-0.4, -0.2) is 61.7 Å². The van der Waals surface area contributed by atoms with Gasteiger partial charge in [-0.1, -0.05) is 22.6 Å². The van der Waals surface area contributed by atoms with Crippen LogP contribution in [0.5, 0.6) is 0 Å². The minimum atomic E-state index is -5.08. The molecular formula is C17H15F6N5O5S. The summed E-state index contributed by atoms with van der Waals surface area (Å²) in [5.74, 6) is -4.35. The molecule has 186 valence electrons. The van der Waals surface area contributed by atoms with E-state index in [1.54, 1.807) is 12.4 Å². The number of hydrogen-bond acceptors (Lipinski definition) is 9. The molecule has 3 heterocycles. The molecule has 0 fully saturated rings. The van der Waals surface area contributed by atoms with Gasteiger partial charge in [-0.3, -0.25) is 4.98 Å². The van der Waals surface area contributed by atoms with E-state index in [1.165, 1.54) is 11.3 Å². The van der Waals surface area contributed by atoms with Crippen LogP contribution in [0.25, 0.3) is 10.8 Å². The molecule has 3 aromatic rings. The van der Waals surface area contributed by atoms with Crippen molar-refractivity contribution in [3.8, 4) is 10.8 Å². The quantitative estimate of drug-likeness (QED) is 0.438. The second-order valence-corrected chi connectivity index (χ2v) is 6.84. The van der Waals surface area contributed by atoms with Gasteiger partial charge in [0.15, 0.2) is 11.0 Å². The van der Waals surface area contributed by atoms with Crippen molar-refractivity contribution in [2.75, 3.05) is 12.4 Å². The van der Waals surface area contributed by atoms with Crippen LogP contribution in [0.2, 0.25) is 0 Å². The molecule has 0 aliphatic carbocycles. The standard InChI is InChI=1S/C13H13N5OS.2C2HF3O2/c1-8-11(20-13(14-2)16-8)12-17-10(18-19-12)6-9-4-3-5-15-7-9;2*3-2(4,5)1(6)7/h3-5,7H,6H2,1-2H3,(H,14,16);2*(H,6,7). The Morgan fingerprint density at radius 1 is 1.09 bits per heavy atom. The molecule has 34 heavy (non-hydrogen) atoms. The Hall–Kier alpha value is -3.76. The maximum atomic E-state index is 10.6. The first-order valence-corrected chi connectivity index (χ1v) is 9.44. The summed E-state index contributed by atoms with van der Waals surface area (Å²) >= 11 is 1.50. The maximum absolute atomic E-state index is 10.6. The van der Waals surface area contributed by atoms with Crippen LogP contribution >= 0.6 is 11.3 Å². The van der Waals surface area contributed by atoms with Crippen molar-refractivity contribution in [3.63, 3.8) is 0 Å². The summed E-state index contributed by atoms with van der Waals surface area (Å²) in [4.78, 5) is 31.6. The van der Waals surface area contributed by atoms with Crippen molar-refractivity contribution < 1.29 is 50.7 Å². The number of nitrogens with one attached hydrogen (secondary N) is 1. The molecule has 0 radical (unpaired) electrons. The Labute approximate surface area is 190 Å². The van der Waals surface area contributed by atoms with E-state index in [0.717, 1.165) is 21.3 Å². The molecule has 3 N–H and O–H groups in total. The van der Waals surface area contributed by atoms with E-state index in [2.05, 4.69) is 25.4 Å². The molecule has 0 unspecified atom stereocenters. The van der Waals surface area contributed by atoms with Gasteiger partial charge in [-0.05, 0) is 18.6 Å². The SMILES string of the molecule is CNc1nc(C)c(-c2nc(Cc3cccnc3)no2)s1.O=C(O)C(F)(F)F.O=C(O)C(F)(F)F. The number of carbonyl (C=O) groups is 2. The van der Waals surface area contributed by atoms with E-state index in [0.29, 0.717) is 18.1 Å². The molecule has 0 spiro atoms. The second-order valence-electron chi connectivity index (χ2n) is 5.84. The highest BCUT2D eigenvalue weighted by Gasteiger charge is 2.38. The number of nitrogens with zero attached hydrogens (tertiary/aromatic N) is 4. The Balaban J connectivity index is 0.000000343. The number of aliphatic carboxylic acids is 2. The normalized spacial score (nSPS) is 10.9. The van der Waals surface area contributed by atoms with Crippen LogP contribution < -0.4 is 5.32 Å². The monoisotopic (exact) mass is 515 g/mol. The topological polar surface area (TPSA) is 151 Å². The highest BCUT2D eigenvalue weighted by atomic mass is 32.1. The van der Waals surface area contributed by atoms with E-state index in [4.69, 9.17) is 24.3 Å². The summed E-state index contributed by atoms with van der Waals surface area (Å²) in [5.41, 5.74) is 1.94. The van der Waals surface area contributed by atoms with Gasteiger partial charge in [-0.25, -0.2) is 14.6 Å². The lowest BCUT2D eigenvalue weighted by Crippen LogP contribution is -2.21. The number of alkyl halides is 6. The summed E-state index contributed by atoms with van der Waals surface area (Å²) in [6.07, 6.45) is -6.02. The summed E-state index contributed by atoms with van der Waals surface area (Å²) in [7, 11) is 1.84.